The highest BCUT2D eigenvalue weighted by Gasteiger charge is 2.27. The second-order valence-electron chi connectivity index (χ2n) is 4.02. The molecule has 0 saturated carbocycles. The zero-order chi connectivity index (χ0) is 11.0. The lowest BCUT2D eigenvalue weighted by molar-refractivity contribution is 0.243. The number of halogens is 1. The molecule has 1 aliphatic heterocycles. The third kappa shape index (κ3) is 1.86. The van der Waals surface area contributed by atoms with Gasteiger partial charge in [-0.25, -0.2) is 4.79 Å². The maximum absolute atomic E-state index is 11.4. The van der Waals surface area contributed by atoms with Gasteiger partial charge in [0, 0.05) is 4.47 Å². The quantitative estimate of drug-likeness (QED) is 0.807. The van der Waals surface area contributed by atoms with Crippen molar-refractivity contribution in [2.24, 2.45) is 5.92 Å². The van der Waals surface area contributed by atoms with E-state index in [2.05, 4.69) is 40.4 Å². The van der Waals surface area contributed by atoms with Gasteiger partial charge in [0.05, 0.1) is 11.7 Å². The predicted molar refractivity (Wildman–Crippen MR) is 63.9 cm³/mol. The van der Waals surface area contributed by atoms with Gasteiger partial charge in [0.25, 0.3) is 0 Å². The highest BCUT2D eigenvalue weighted by Crippen LogP contribution is 2.36. The van der Waals surface area contributed by atoms with E-state index in [1.165, 1.54) is 0 Å². The molecule has 1 unspecified atom stereocenters. The van der Waals surface area contributed by atoms with Crippen LogP contribution in [0.5, 0.6) is 0 Å². The lowest BCUT2D eigenvalue weighted by Gasteiger charge is -2.30. The molecular weight excluding hydrogens is 256 g/mol. The molecule has 0 spiro atoms. The third-order valence-corrected chi connectivity index (χ3v) is 3.23. The highest BCUT2D eigenvalue weighted by atomic mass is 79.9. The van der Waals surface area contributed by atoms with Crippen molar-refractivity contribution in [2.45, 2.75) is 19.9 Å². The molecule has 1 atom stereocenters. The van der Waals surface area contributed by atoms with Crippen LogP contribution in [-0.4, -0.2) is 6.03 Å². The molecule has 4 heteroatoms. The number of fused-ring (bicyclic) bond motifs is 1. The van der Waals surface area contributed by atoms with E-state index < -0.39 is 0 Å². The van der Waals surface area contributed by atoms with E-state index in [1.54, 1.807) is 0 Å². The molecule has 15 heavy (non-hydrogen) atoms. The van der Waals surface area contributed by atoms with E-state index in [0.717, 1.165) is 15.7 Å². The minimum absolute atomic E-state index is 0.0891. The molecule has 0 saturated heterocycles. The van der Waals surface area contributed by atoms with Gasteiger partial charge < -0.3 is 10.6 Å². The number of urea groups is 1. The molecule has 1 aliphatic rings. The van der Waals surface area contributed by atoms with Crippen molar-refractivity contribution >= 4 is 27.6 Å². The van der Waals surface area contributed by atoms with Crippen molar-refractivity contribution in [1.82, 2.24) is 5.32 Å². The second kappa shape index (κ2) is 3.85. The molecule has 0 bridgehead atoms. The van der Waals surface area contributed by atoms with Gasteiger partial charge in [-0.1, -0.05) is 26.0 Å². The zero-order valence-electron chi connectivity index (χ0n) is 8.67. The van der Waals surface area contributed by atoms with Gasteiger partial charge in [0.1, 0.15) is 0 Å². The lowest BCUT2D eigenvalue weighted by atomic mass is 9.93. The number of carbonyl (C=O) groups is 1. The maximum atomic E-state index is 11.4. The van der Waals surface area contributed by atoms with Crippen molar-refractivity contribution < 1.29 is 4.79 Å². The number of carbonyl (C=O) groups excluding carboxylic acids is 1. The Balaban J connectivity index is 2.51. The molecule has 80 valence electrons. The van der Waals surface area contributed by atoms with Gasteiger partial charge in [-0.05, 0) is 33.5 Å². The van der Waals surface area contributed by atoms with Crippen LogP contribution in [0.1, 0.15) is 25.5 Å². The Hall–Kier alpha value is -1.03. The van der Waals surface area contributed by atoms with Gasteiger partial charge in [0.2, 0.25) is 0 Å². The minimum Gasteiger partial charge on any atom is -0.331 e. The average molecular weight is 269 g/mol. The third-order valence-electron chi connectivity index (χ3n) is 2.57. The maximum Gasteiger partial charge on any atom is 0.319 e. The fourth-order valence-corrected chi connectivity index (χ4v) is 2.31. The van der Waals surface area contributed by atoms with Gasteiger partial charge in [0.15, 0.2) is 0 Å². The number of anilines is 1. The smallest absolute Gasteiger partial charge is 0.319 e. The zero-order valence-corrected chi connectivity index (χ0v) is 10.3. The molecule has 0 fully saturated rings. The molecule has 2 amide bonds. The SMILES string of the molecule is CC(C)C1NC(=O)Nc2c(Br)cccc21. The Morgan fingerprint density at radius 2 is 2.13 bits per heavy atom. The number of hydrogen-bond donors (Lipinski definition) is 2. The second-order valence-corrected chi connectivity index (χ2v) is 4.88. The predicted octanol–water partition coefficient (Wildman–Crippen LogP) is 3.28. The van der Waals surface area contributed by atoms with E-state index in [-0.39, 0.29) is 12.1 Å². The van der Waals surface area contributed by atoms with E-state index in [1.807, 2.05) is 18.2 Å². The van der Waals surface area contributed by atoms with Crippen molar-refractivity contribution in [3.8, 4) is 0 Å². The van der Waals surface area contributed by atoms with Crippen LogP contribution in [0, 0.1) is 5.92 Å². The largest absolute Gasteiger partial charge is 0.331 e. The highest BCUT2D eigenvalue weighted by molar-refractivity contribution is 9.10. The molecule has 2 N–H and O–H groups in total. The number of benzene rings is 1. The summed E-state index contributed by atoms with van der Waals surface area (Å²) in [5, 5.41) is 5.74. The molecule has 0 aliphatic carbocycles. The molecule has 0 aromatic heterocycles. The van der Waals surface area contributed by atoms with Gasteiger partial charge >= 0.3 is 6.03 Å². The summed E-state index contributed by atoms with van der Waals surface area (Å²) in [6.07, 6.45) is 0. The first-order valence-electron chi connectivity index (χ1n) is 4.95. The normalized spacial score (nSPS) is 19.5. The Labute approximate surface area is 97.4 Å². The summed E-state index contributed by atoms with van der Waals surface area (Å²) in [6, 6.07) is 5.91. The summed E-state index contributed by atoms with van der Waals surface area (Å²) >= 11 is 3.44. The first kappa shape index (κ1) is 10.5. The summed E-state index contributed by atoms with van der Waals surface area (Å²) in [4.78, 5) is 11.4. The number of nitrogens with one attached hydrogen (secondary N) is 2. The van der Waals surface area contributed by atoms with Crippen LogP contribution in [0.25, 0.3) is 0 Å². The minimum atomic E-state index is -0.131. The van der Waals surface area contributed by atoms with Gasteiger partial charge in [-0.3, -0.25) is 0 Å². The van der Waals surface area contributed by atoms with E-state index in [9.17, 15) is 4.79 Å². The summed E-state index contributed by atoms with van der Waals surface area (Å²) in [5.41, 5.74) is 2.03. The van der Waals surface area contributed by atoms with Crippen LogP contribution in [0.4, 0.5) is 10.5 Å². The molecule has 0 radical (unpaired) electrons. The number of hydrogen-bond acceptors (Lipinski definition) is 1. The first-order valence-corrected chi connectivity index (χ1v) is 5.75. The van der Waals surface area contributed by atoms with E-state index >= 15 is 0 Å². The fourth-order valence-electron chi connectivity index (χ4n) is 1.83. The van der Waals surface area contributed by atoms with Crippen LogP contribution >= 0.6 is 15.9 Å². The standard InChI is InChI=1S/C11H13BrN2O/c1-6(2)9-7-4-3-5-8(12)10(7)14-11(15)13-9/h3-6,9H,1-2H3,(H2,13,14,15). The number of rotatable bonds is 1. The molecule has 1 aromatic rings. The monoisotopic (exact) mass is 268 g/mol. The van der Waals surface area contributed by atoms with E-state index in [0.29, 0.717) is 5.92 Å². The Bertz CT molecular complexity index is 404. The Kier molecular flexibility index (Phi) is 2.69. The summed E-state index contributed by atoms with van der Waals surface area (Å²) in [6.45, 7) is 4.20. The molecule has 1 heterocycles. The van der Waals surface area contributed by atoms with Crippen LogP contribution in [-0.2, 0) is 0 Å². The van der Waals surface area contributed by atoms with Crippen molar-refractivity contribution in [3.63, 3.8) is 0 Å². The molecule has 1 aromatic carbocycles. The molecule has 3 nitrogen and oxygen atoms in total. The van der Waals surface area contributed by atoms with Crippen LogP contribution < -0.4 is 10.6 Å². The average Bonchev–Trinajstić information content (AvgIpc) is 2.18. The van der Waals surface area contributed by atoms with Crippen molar-refractivity contribution in [2.75, 3.05) is 5.32 Å². The first-order chi connectivity index (χ1) is 7.09. The fraction of sp³-hybridized carbons (Fsp3) is 0.364. The van der Waals surface area contributed by atoms with Crippen molar-refractivity contribution in [1.29, 1.82) is 0 Å². The van der Waals surface area contributed by atoms with E-state index in [4.69, 9.17) is 0 Å². The summed E-state index contributed by atoms with van der Waals surface area (Å²) in [5.74, 6) is 0.379. The molecular formula is C11H13BrN2O. The van der Waals surface area contributed by atoms with Gasteiger partial charge in [-0.2, -0.15) is 0 Å². The van der Waals surface area contributed by atoms with Crippen LogP contribution in [0.3, 0.4) is 0 Å². The number of para-hydroxylation sites is 1. The van der Waals surface area contributed by atoms with Crippen LogP contribution in [0.15, 0.2) is 22.7 Å². The topological polar surface area (TPSA) is 41.1 Å². The van der Waals surface area contributed by atoms with Gasteiger partial charge in [-0.15, -0.1) is 0 Å². The Morgan fingerprint density at radius 1 is 1.40 bits per heavy atom. The van der Waals surface area contributed by atoms with Crippen LogP contribution in [0.2, 0.25) is 0 Å². The Morgan fingerprint density at radius 3 is 2.80 bits per heavy atom. The molecule has 2 rings (SSSR count). The lowest BCUT2D eigenvalue weighted by Crippen LogP contribution is -2.40. The summed E-state index contributed by atoms with van der Waals surface area (Å²) in [7, 11) is 0. The van der Waals surface area contributed by atoms with Crippen molar-refractivity contribution in [3.05, 3.63) is 28.2 Å². The number of amides is 2. The summed E-state index contributed by atoms with van der Waals surface area (Å²) < 4.78 is 0.931.